The van der Waals surface area contributed by atoms with Crippen molar-refractivity contribution in [1.29, 1.82) is 5.41 Å². The van der Waals surface area contributed by atoms with Gasteiger partial charge in [-0.15, -0.1) is 0 Å². The van der Waals surface area contributed by atoms with E-state index in [0.29, 0.717) is 5.92 Å². The summed E-state index contributed by atoms with van der Waals surface area (Å²) in [5, 5.41) is 11.5. The molecule has 1 heterocycles. The van der Waals surface area contributed by atoms with Gasteiger partial charge < -0.3 is 10.7 Å². The van der Waals surface area contributed by atoms with Gasteiger partial charge in [-0.2, -0.15) is 0 Å². The number of hydrogen-bond donors (Lipinski definition) is 2. The molecule has 1 aliphatic heterocycles. The molecule has 3 rings (SSSR count). The van der Waals surface area contributed by atoms with E-state index in [9.17, 15) is 0 Å². The number of nitrogens with one attached hydrogen (secondary N) is 2. The van der Waals surface area contributed by atoms with Gasteiger partial charge in [0.25, 0.3) is 0 Å². The molecule has 2 aliphatic carbocycles. The lowest BCUT2D eigenvalue weighted by atomic mass is 9.98. The van der Waals surface area contributed by atoms with Crippen LogP contribution in [0.4, 0.5) is 0 Å². The van der Waals surface area contributed by atoms with Gasteiger partial charge in [-0.1, -0.05) is 18.2 Å². The molecule has 2 heteroatoms. The highest BCUT2D eigenvalue weighted by Gasteiger charge is 2.55. The van der Waals surface area contributed by atoms with Crippen LogP contribution in [0, 0.1) is 23.2 Å². The molecule has 2 atom stereocenters. The lowest BCUT2D eigenvalue weighted by Gasteiger charge is -2.10. The maximum Gasteiger partial charge on any atom is 0.0420 e. The zero-order valence-electron chi connectivity index (χ0n) is 8.29. The van der Waals surface area contributed by atoms with Crippen molar-refractivity contribution >= 4 is 5.71 Å². The smallest absolute Gasteiger partial charge is 0.0420 e. The minimum Gasteiger partial charge on any atom is -0.316 e. The molecule has 0 radical (unpaired) electrons. The van der Waals surface area contributed by atoms with E-state index in [1.807, 2.05) is 0 Å². The van der Waals surface area contributed by atoms with Crippen LogP contribution in [0.25, 0.3) is 0 Å². The normalized spacial score (nSPS) is 39.1. The number of hydrogen-bond acceptors (Lipinski definition) is 2. The van der Waals surface area contributed by atoms with Crippen LogP contribution in [0.5, 0.6) is 0 Å². The van der Waals surface area contributed by atoms with Crippen LogP contribution in [0.1, 0.15) is 12.8 Å². The molecule has 2 fully saturated rings. The molecular weight excluding hydrogens is 172 g/mol. The van der Waals surface area contributed by atoms with Gasteiger partial charge in [-0.05, 0) is 43.3 Å². The molecule has 1 saturated heterocycles. The molecular formula is C12H16N2. The first-order valence-electron chi connectivity index (χ1n) is 5.54. The van der Waals surface area contributed by atoms with E-state index < -0.39 is 0 Å². The van der Waals surface area contributed by atoms with Gasteiger partial charge in [-0.25, -0.2) is 0 Å². The molecule has 0 aromatic heterocycles. The van der Waals surface area contributed by atoms with Gasteiger partial charge in [0.15, 0.2) is 0 Å². The van der Waals surface area contributed by atoms with Crippen LogP contribution in [0.2, 0.25) is 0 Å². The van der Waals surface area contributed by atoms with Crippen LogP contribution in [0.15, 0.2) is 23.8 Å². The summed E-state index contributed by atoms with van der Waals surface area (Å²) in [7, 11) is 0. The third kappa shape index (κ3) is 1.17. The van der Waals surface area contributed by atoms with Gasteiger partial charge in [0.2, 0.25) is 0 Å². The molecule has 2 unspecified atom stereocenters. The van der Waals surface area contributed by atoms with Crippen LogP contribution < -0.4 is 5.32 Å². The van der Waals surface area contributed by atoms with Crippen LogP contribution >= 0.6 is 0 Å². The van der Waals surface area contributed by atoms with Crippen molar-refractivity contribution in [2.24, 2.45) is 17.8 Å². The third-order valence-corrected chi connectivity index (χ3v) is 3.73. The largest absolute Gasteiger partial charge is 0.316 e. The van der Waals surface area contributed by atoms with E-state index in [-0.39, 0.29) is 0 Å². The van der Waals surface area contributed by atoms with E-state index in [1.165, 1.54) is 5.57 Å². The molecule has 2 nitrogen and oxygen atoms in total. The van der Waals surface area contributed by atoms with Gasteiger partial charge in [0.05, 0.1) is 0 Å². The standard InChI is InChI=1S/C12H16N2/c13-12(8-4-2-1-3-5-8)11-9-6-14-7-10(9)11/h2,4-5,9-11,13-14H,1,3,6-7H2. The molecule has 0 aromatic rings. The molecule has 0 bridgehead atoms. The Labute approximate surface area is 84.6 Å². The molecule has 0 aromatic carbocycles. The molecule has 14 heavy (non-hydrogen) atoms. The second kappa shape index (κ2) is 3.06. The predicted octanol–water partition coefficient (Wildman–Crippen LogP) is 1.75. The summed E-state index contributed by atoms with van der Waals surface area (Å²) < 4.78 is 0. The number of allylic oxidation sites excluding steroid dienone is 4. The van der Waals surface area contributed by atoms with Crippen molar-refractivity contribution in [1.82, 2.24) is 5.32 Å². The Kier molecular flexibility index (Phi) is 1.84. The topological polar surface area (TPSA) is 35.9 Å². The van der Waals surface area contributed by atoms with Crippen molar-refractivity contribution in [3.63, 3.8) is 0 Å². The lowest BCUT2D eigenvalue weighted by molar-refractivity contribution is 0.684. The Morgan fingerprint density at radius 2 is 2.07 bits per heavy atom. The lowest BCUT2D eigenvalue weighted by Crippen LogP contribution is -2.19. The number of fused-ring (bicyclic) bond motifs is 1. The summed E-state index contributed by atoms with van der Waals surface area (Å²) in [6.45, 7) is 2.27. The highest BCUT2D eigenvalue weighted by atomic mass is 15.0. The van der Waals surface area contributed by atoms with Gasteiger partial charge in [-0.3, -0.25) is 0 Å². The number of piperidine rings is 1. The third-order valence-electron chi connectivity index (χ3n) is 3.73. The van der Waals surface area contributed by atoms with Gasteiger partial charge in [0, 0.05) is 11.6 Å². The van der Waals surface area contributed by atoms with Crippen molar-refractivity contribution in [3.8, 4) is 0 Å². The average Bonchev–Trinajstić information content (AvgIpc) is 2.72. The van der Waals surface area contributed by atoms with E-state index >= 15 is 0 Å². The van der Waals surface area contributed by atoms with E-state index in [2.05, 4.69) is 23.5 Å². The van der Waals surface area contributed by atoms with Crippen molar-refractivity contribution in [2.45, 2.75) is 12.8 Å². The Bertz CT molecular complexity index is 317. The molecule has 0 spiro atoms. The fraction of sp³-hybridized carbons (Fsp3) is 0.583. The van der Waals surface area contributed by atoms with Crippen molar-refractivity contribution < 1.29 is 0 Å². The molecule has 74 valence electrons. The van der Waals surface area contributed by atoms with Gasteiger partial charge >= 0.3 is 0 Å². The van der Waals surface area contributed by atoms with Crippen LogP contribution in [-0.4, -0.2) is 18.8 Å². The number of rotatable bonds is 2. The summed E-state index contributed by atoms with van der Waals surface area (Å²) >= 11 is 0. The summed E-state index contributed by atoms with van der Waals surface area (Å²) in [5.74, 6) is 2.13. The second-order valence-electron chi connectivity index (χ2n) is 4.56. The first-order valence-corrected chi connectivity index (χ1v) is 5.54. The molecule has 0 amide bonds. The average molecular weight is 188 g/mol. The summed E-state index contributed by atoms with van der Waals surface area (Å²) in [6.07, 6.45) is 8.82. The summed E-state index contributed by atoms with van der Waals surface area (Å²) in [6, 6.07) is 0. The van der Waals surface area contributed by atoms with E-state index in [0.717, 1.165) is 43.5 Å². The highest BCUT2D eigenvalue weighted by molar-refractivity contribution is 6.04. The molecule has 1 saturated carbocycles. The van der Waals surface area contributed by atoms with Crippen molar-refractivity contribution in [2.75, 3.05) is 13.1 Å². The molecule has 2 N–H and O–H groups in total. The Morgan fingerprint density at radius 1 is 1.29 bits per heavy atom. The van der Waals surface area contributed by atoms with Gasteiger partial charge in [0.1, 0.15) is 0 Å². The van der Waals surface area contributed by atoms with Crippen LogP contribution in [-0.2, 0) is 0 Å². The first-order chi connectivity index (χ1) is 6.88. The zero-order chi connectivity index (χ0) is 9.54. The monoisotopic (exact) mass is 188 g/mol. The fourth-order valence-electron chi connectivity index (χ4n) is 2.85. The van der Waals surface area contributed by atoms with E-state index in [4.69, 9.17) is 5.41 Å². The minimum absolute atomic E-state index is 0.574. The summed E-state index contributed by atoms with van der Waals surface area (Å²) in [4.78, 5) is 0. The Hall–Kier alpha value is -0.890. The fourth-order valence-corrected chi connectivity index (χ4v) is 2.85. The Morgan fingerprint density at radius 3 is 2.71 bits per heavy atom. The zero-order valence-corrected chi connectivity index (χ0v) is 8.29. The Balaban J connectivity index is 1.72. The predicted molar refractivity (Wildman–Crippen MR) is 57.5 cm³/mol. The molecule has 3 aliphatic rings. The van der Waals surface area contributed by atoms with Crippen molar-refractivity contribution in [3.05, 3.63) is 23.8 Å². The summed E-state index contributed by atoms with van der Waals surface area (Å²) in [5.41, 5.74) is 2.09. The SMILES string of the molecule is N=C(C1=CCCC=C1)C1C2CNCC21. The maximum absolute atomic E-state index is 8.15. The first kappa shape index (κ1) is 8.42. The second-order valence-corrected chi connectivity index (χ2v) is 4.56. The highest BCUT2D eigenvalue weighted by Crippen LogP contribution is 2.50. The van der Waals surface area contributed by atoms with E-state index in [1.54, 1.807) is 0 Å². The maximum atomic E-state index is 8.15. The quantitative estimate of drug-likeness (QED) is 0.636. The minimum atomic E-state index is 0.574. The van der Waals surface area contributed by atoms with Crippen LogP contribution in [0.3, 0.4) is 0 Å².